The van der Waals surface area contributed by atoms with Crippen molar-refractivity contribution in [2.24, 2.45) is 5.92 Å². The maximum Gasteiger partial charge on any atom is 0.181 e. The lowest BCUT2D eigenvalue weighted by Gasteiger charge is -2.15. The highest BCUT2D eigenvalue weighted by atomic mass is 16.6. The van der Waals surface area contributed by atoms with Crippen LogP contribution in [0.25, 0.3) is 0 Å². The fourth-order valence-corrected chi connectivity index (χ4v) is 1.65. The lowest BCUT2D eigenvalue weighted by Crippen LogP contribution is -2.27. The van der Waals surface area contributed by atoms with Crippen LogP contribution in [0.4, 0.5) is 0 Å². The monoisotopic (exact) mass is 160 g/mol. The Morgan fingerprint density at radius 1 is 1.55 bits per heavy atom. The Morgan fingerprint density at radius 2 is 2.18 bits per heavy atom. The molecule has 0 saturated carbocycles. The van der Waals surface area contributed by atoms with Crippen LogP contribution < -0.4 is 0 Å². The Hall–Kier alpha value is -0.120. The largest absolute Gasteiger partial charge is 0.376 e. The summed E-state index contributed by atoms with van der Waals surface area (Å²) in [6, 6.07) is 0. The van der Waals surface area contributed by atoms with Crippen molar-refractivity contribution in [1.29, 1.82) is 0 Å². The summed E-state index contributed by atoms with van der Waals surface area (Å²) < 4.78 is 10.3. The van der Waals surface area contributed by atoms with Gasteiger partial charge in [-0.05, 0) is 6.42 Å². The number of aliphatic hydroxyl groups is 1. The molecule has 4 atom stereocenters. The molecule has 0 amide bonds. The summed E-state index contributed by atoms with van der Waals surface area (Å²) in [6.45, 7) is 4.09. The van der Waals surface area contributed by atoms with E-state index in [4.69, 9.17) is 9.47 Å². The van der Waals surface area contributed by atoms with Crippen LogP contribution in [0.3, 0.4) is 0 Å². The van der Waals surface area contributed by atoms with Crippen LogP contribution in [0, 0.1) is 5.92 Å². The normalized spacial score (nSPS) is 44.7. The zero-order chi connectivity index (χ0) is 8.43. The fourth-order valence-electron chi connectivity index (χ4n) is 1.65. The number of rotatable bonds is 2. The molecule has 0 aromatic heterocycles. The average Bonchev–Trinajstić information content (AvgIpc) is 2.26. The molecule has 1 fully saturated rings. The van der Waals surface area contributed by atoms with E-state index in [-0.39, 0.29) is 12.2 Å². The van der Waals surface area contributed by atoms with Crippen molar-refractivity contribution in [1.82, 2.24) is 0 Å². The van der Waals surface area contributed by atoms with E-state index < -0.39 is 6.29 Å². The van der Waals surface area contributed by atoms with E-state index in [1.54, 1.807) is 7.11 Å². The molecule has 3 heteroatoms. The van der Waals surface area contributed by atoms with Crippen LogP contribution in [0.1, 0.15) is 20.3 Å². The number of methoxy groups -OCH3 is 1. The van der Waals surface area contributed by atoms with E-state index in [1.807, 2.05) is 13.8 Å². The second-order valence-electron chi connectivity index (χ2n) is 3.03. The number of ether oxygens (including phenoxy) is 2. The van der Waals surface area contributed by atoms with Crippen LogP contribution in [-0.2, 0) is 9.47 Å². The summed E-state index contributed by atoms with van der Waals surface area (Å²) in [4.78, 5) is 0. The summed E-state index contributed by atoms with van der Waals surface area (Å²) >= 11 is 0. The van der Waals surface area contributed by atoms with E-state index in [0.717, 1.165) is 6.42 Å². The highest BCUT2D eigenvalue weighted by molar-refractivity contribution is 4.82. The lowest BCUT2D eigenvalue weighted by molar-refractivity contribution is -0.134. The Morgan fingerprint density at radius 3 is 2.45 bits per heavy atom. The van der Waals surface area contributed by atoms with Crippen molar-refractivity contribution in [3.63, 3.8) is 0 Å². The number of hydrogen-bond donors (Lipinski definition) is 1. The molecule has 66 valence electrons. The molecule has 0 bridgehead atoms. The van der Waals surface area contributed by atoms with Gasteiger partial charge in [-0.2, -0.15) is 0 Å². The molecule has 0 spiro atoms. The standard InChI is InChI=1S/C8H16O3/c1-4-6-5(2)7(10-3)8(9)11-6/h5-9H,4H2,1-3H3/t5-,6+,7+,8+/m1/s1. The van der Waals surface area contributed by atoms with Gasteiger partial charge >= 0.3 is 0 Å². The maximum absolute atomic E-state index is 9.31. The average molecular weight is 160 g/mol. The van der Waals surface area contributed by atoms with E-state index in [1.165, 1.54) is 0 Å². The van der Waals surface area contributed by atoms with E-state index >= 15 is 0 Å². The third-order valence-electron chi connectivity index (χ3n) is 2.37. The van der Waals surface area contributed by atoms with Gasteiger partial charge in [-0.15, -0.1) is 0 Å². The van der Waals surface area contributed by atoms with Gasteiger partial charge in [0.1, 0.15) is 6.10 Å². The topological polar surface area (TPSA) is 38.7 Å². The van der Waals surface area contributed by atoms with Gasteiger partial charge in [0.2, 0.25) is 0 Å². The molecule has 0 aromatic carbocycles. The van der Waals surface area contributed by atoms with Crippen molar-refractivity contribution in [3.8, 4) is 0 Å². The van der Waals surface area contributed by atoms with Crippen molar-refractivity contribution in [3.05, 3.63) is 0 Å². The highest BCUT2D eigenvalue weighted by Gasteiger charge is 2.39. The van der Waals surface area contributed by atoms with Gasteiger partial charge in [0.15, 0.2) is 6.29 Å². The van der Waals surface area contributed by atoms with Crippen molar-refractivity contribution >= 4 is 0 Å². The molecule has 0 aliphatic carbocycles. The Balaban J connectivity index is 2.55. The minimum absolute atomic E-state index is 0.148. The number of aliphatic hydroxyl groups excluding tert-OH is 1. The Kier molecular flexibility index (Phi) is 2.87. The number of hydrogen-bond acceptors (Lipinski definition) is 3. The first-order chi connectivity index (χ1) is 5.20. The van der Waals surface area contributed by atoms with E-state index in [0.29, 0.717) is 5.92 Å². The van der Waals surface area contributed by atoms with E-state index in [9.17, 15) is 5.11 Å². The zero-order valence-corrected chi connectivity index (χ0v) is 7.28. The van der Waals surface area contributed by atoms with Crippen LogP contribution in [-0.4, -0.2) is 30.7 Å². The van der Waals surface area contributed by atoms with Crippen LogP contribution in [0.15, 0.2) is 0 Å². The first-order valence-corrected chi connectivity index (χ1v) is 4.07. The van der Waals surface area contributed by atoms with Crippen LogP contribution >= 0.6 is 0 Å². The molecular formula is C8H16O3. The minimum atomic E-state index is -0.736. The SMILES string of the molecule is CC[C@@H]1O[C@H](O)[C@@H](OC)[C@@H]1C. The summed E-state index contributed by atoms with van der Waals surface area (Å²) in [5, 5.41) is 9.31. The molecule has 11 heavy (non-hydrogen) atoms. The molecule has 0 aromatic rings. The second-order valence-corrected chi connectivity index (χ2v) is 3.03. The molecule has 1 saturated heterocycles. The summed E-state index contributed by atoms with van der Waals surface area (Å²) in [5.74, 6) is 0.292. The molecule has 1 rings (SSSR count). The second kappa shape index (κ2) is 3.52. The molecule has 1 aliphatic heterocycles. The third kappa shape index (κ3) is 1.55. The summed E-state index contributed by atoms with van der Waals surface area (Å²) in [7, 11) is 1.60. The fraction of sp³-hybridized carbons (Fsp3) is 1.00. The lowest BCUT2D eigenvalue weighted by atomic mass is 9.99. The van der Waals surface area contributed by atoms with Crippen LogP contribution in [0.2, 0.25) is 0 Å². The first-order valence-electron chi connectivity index (χ1n) is 4.07. The van der Waals surface area contributed by atoms with Crippen molar-refractivity contribution in [2.45, 2.75) is 38.8 Å². The molecule has 1 heterocycles. The molecule has 1 N–H and O–H groups in total. The molecular weight excluding hydrogens is 144 g/mol. The van der Waals surface area contributed by atoms with Gasteiger partial charge in [-0.3, -0.25) is 0 Å². The van der Waals surface area contributed by atoms with E-state index in [2.05, 4.69) is 0 Å². The summed E-state index contributed by atoms with van der Waals surface area (Å²) in [5.41, 5.74) is 0. The summed E-state index contributed by atoms with van der Waals surface area (Å²) in [6.07, 6.45) is 0.188. The predicted molar refractivity (Wildman–Crippen MR) is 41.1 cm³/mol. The molecule has 0 unspecified atom stereocenters. The highest BCUT2D eigenvalue weighted by Crippen LogP contribution is 2.28. The third-order valence-corrected chi connectivity index (χ3v) is 2.37. The first kappa shape index (κ1) is 8.97. The molecule has 0 radical (unpaired) electrons. The molecule has 3 nitrogen and oxygen atoms in total. The smallest absolute Gasteiger partial charge is 0.181 e. The Labute approximate surface area is 67.3 Å². The van der Waals surface area contributed by atoms with Gasteiger partial charge < -0.3 is 14.6 Å². The predicted octanol–water partition coefficient (Wildman–Crippen LogP) is 0.765. The van der Waals surface area contributed by atoms with Gasteiger partial charge in [0, 0.05) is 13.0 Å². The van der Waals surface area contributed by atoms with Crippen molar-refractivity contribution in [2.75, 3.05) is 7.11 Å². The quantitative estimate of drug-likeness (QED) is 0.648. The molecule has 1 aliphatic rings. The Bertz CT molecular complexity index is 127. The minimum Gasteiger partial charge on any atom is -0.376 e. The zero-order valence-electron chi connectivity index (χ0n) is 7.28. The van der Waals surface area contributed by atoms with Crippen LogP contribution in [0.5, 0.6) is 0 Å². The van der Waals surface area contributed by atoms with Crippen molar-refractivity contribution < 1.29 is 14.6 Å². The van der Waals surface area contributed by atoms with Gasteiger partial charge in [-0.25, -0.2) is 0 Å². The van der Waals surface area contributed by atoms with Gasteiger partial charge in [0.25, 0.3) is 0 Å². The van der Waals surface area contributed by atoms with Gasteiger partial charge in [-0.1, -0.05) is 13.8 Å². The maximum atomic E-state index is 9.31. The van der Waals surface area contributed by atoms with Gasteiger partial charge in [0.05, 0.1) is 6.10 Å².